The summed E-state index contributed by atoms with van der Waals surface area (Å²) >= 11 is 1.63. The van der Waals surface area contributed by atoms with Crippen molar-refractivity contribution in [2.75, 3.05) is 19.0 Å². The maximum absolute atomic E-state index is 5.23. The number of nitrogens with one attached hydrogen (secondary N) is 1. The third-order valence-electron chi connectivity index (χ3n) is 4.53. The zero-order chi connectivity index (χ0) is 18.5. The second kappa shape index (κ2) is 8.23. The molecule has 2 heterocycles. The predicted molar refractivity (Wildman–Crippen MR) is 110 cm³/mol. The van der Waals surface area contributed by atoms with E-state index in [1.807, 2.05) is 18.2 Å². The molecule has 26 heavy (non-hydrogen) atoms. The number of rotatable bonds is 8. The first-order valence-electron chi connectivity index (χ1n) is 8.72. The molecule has 0 unspecified atom stereocenters. The largest absolute Gasteiger partial charge is 0.497 e. The molecule has 0 atom stereocenters. The van der Waals surface area contributed by atoms with Crippen molar-refractivity contribution >= 4 is 16.5 Å². The summed E-state index contributed by atoms with van der Waals surface area (Å²) in [6.45, 7) is 9.75. The van der Waals surface area contributed by atoms with E-state index in [9.17, 15) is 0 Å². The summed E-state index contributed by atoms with van der Waals surface area (Å²) in [6, 6.07) is 10.5. The highest BCUT2D eigenvalue weighted by atomic mass is 32.1. The van der Waals surface area contributed by atoms with Crippen LogP contribution in [0.1, 0.15) is 17.0 Å². The van der Waals surface area contributed by atoms with Crippen LogP contribution in [0.4, 0.5) is 5.13 Å². The van der Waals surface area contributed by atoms with Crippen molar-refractivity contribution in [3.63, 3.8) is 0 Å². The van der Waals surface area contributed by atoms with Crippen LogP contribution in [0.15, 0.2) is 48.4 Å². The van der Waals surface area contributed by atoms with Gasteiger partial charge in [-0.15, -0.1) is 17.9 Å². The van der Waals surface area contributed by atoms with Gasteiger partial charge in [0.25, 0.3) is 0 Å². The summed E-state index contributed by atoms with van der Waals surface area (Å²) in [5.41, 5.74) is 6.08. The molecule has 0 amide bonds. The molecule has 0 spiro atoms. The molecule has 0 saturated carbocycles. The van der Waals surface area contributed by atoms with Crippen molar-refractivity contribution < 1.29 is 4.74 Å². The highest BCUT2D eigenvalue weighted by Gasteiger charge is 2.13. The van der Waals surface area contributed by atoms with E-state index < -0.39 is 0 Å². The number of thiazole rings is 1. The van der Waals surface area contributed by atoms with Crippen molar-refractivity contribution in [1.82, 2.24) is 9.55 Å². The maximum atomic E-state index is 5.23. The second-order valence-corrected chi connectivity index (χ2v) is 7.10. The number of ether oxygens (including phenoxy) is 1. The standard InChI is InChI=1S/C21H25N3OS/c1-5-11-22-21-23-20(14-26-21)19-13-15(2)24(16(19)3)12-10-17-6-8-18(25-4)9-7-17/h5-9,13-14H,1,10-12H2,2-4H3,(H,22,23). The lowest BCUT2D eigenvalue weighted by molar-refractivity contribution is 0.414. The number of methoxy groups -OCH3 is 1. The molecule has 0 saturated heterocycles. The lowest BCUT2D eigenvalue weighted by Crippen LogP contribution is -2.05. The van der Waals surface area contributed by atoms with Gasteiger partial charge in [0.1, 0.15) is 5.75 Å². The average molecular weight is 368 g/mol. The fourth-order valence-electron chi connectivity index (χ4n) is 3.08. The summed E-state index contributed by atoms with van der Waals surface area (Å²) < 4.78 is 7.60. The van der Waals surface area contributed by atoms with Crippen molar-refractivity contribution in [3.8, 4) is 17.0 Å². The number of aryl methyl sites for hydroxylation is 2. The van der Waals surface area contributed by atoms with Crippen LogP contribution < -0.4 is 10.1 Å². The number of benzene rings is 1. The Hall–Kier alpha value is -2.53. The van der Waals surface area contributed by atoms with Crippen molar-refractivity contribution in [2.24, 2.45) is 0 Å². The molecule has 4 nitrogen and oxygen atoms in total. The van der Waals surface area contributed by atoms with E-state index in [2.05, 4.69) is 53.9 Å². The smallest absolute Gasteiger partial charge is 0.183 e. The Bertz CT molecular complexity index is 877. The lowest BCUT2D eigenvalue weighted by atomic mass is 10.1. The van der Waals surface area contributed by atoms with Crippen LogP contribution in [0, 0.1) is 13.8 Å². The molecule has 1 N–H and O–H groups in total. The van der Waals surface area contributed by atoms with E-state index >= 15 is 0 Å². The molecule has 0 bridgehead atoms. The molecule has 5 heteroatoms. The van der Waals surface area contributed by atoms with Gasteiger partial charge in [-0.3, -0.25) is 0 Å². The van der Waals surface area contributed by atoms with Crippen LogP contribution in [0.3, 0.4) is 0 Å². The van der Waals surface area contributed by atoms with Gasteiger partial charge in [0, 0.05) is 35.4 Å². The van der Waals surface area contributed by atoms with Gasteiger partial charge in [0.2, 0.25) is 0 Å². The average Bonchev–Trinajstić information content (AvgIpc) is 3.23. The molecule has 0 fully saturated rings. The first kappa shape index (κ1) is 18.3. The van der Waals surface area contributed by atoms with Gasteiger partial charge < -0.3 is 14.6 Å². The minimum atomic E-state index is 0.730. The summed E-state index contributed by atoms with van der Waals surface area (Å²) in [6.07, 6.45) is 2.83. The quantitative estimate of drug-likeness (QED) is 0.565. The summed E-state index contributed by atoms with van der Waals surface area (Å²) in [5, 5.41) is 6.30. The number of aromatic nitrogens is 2. The first-order chi connectivity index (χ1) is 12.6. The maximum Gasteiger partial charge on any atom is 0.183 e. The van der Waals surface area contributed by atoms with Crippen LogP contribution in [0.5, 0.6) is 5.75 Å². The number of nitrogens with zero attached hydrogens (tertiary/aromatic N) is 2. The minimum absolute atomic E-state index is 0.730. The molecule has 136 valence electrons. The van der Waals surface area contributed by atoms with Crippen LogP contribution in [0.2, 0.25) is 0 Å². The van der Waals surface area contributed by atoms with Gasteiger partial charge in [-0.2, -0.15) is 0 Å². The van der Waals surface area contributed by atoms with Crippen molar-refractivity contribution in [2.45, 2.75) is 26.8 Å². The van der Waals surface area contributed by atoms with Gasteiger partial charge >= 0.3 is 0 Å². The Kier molecular flexibility index (Phi) is 5.78. The molecule has 3 rings (SSSR count). The van der Waals surface area contributed by atoms with E-state index in [1.54, 1.807) is 18.4 Å². The second-order valence-electron chi connectivity index (χ2n) is 6.24. The molecule has 0 radical (unpaired) electrons. The molecule has 3 aromatic rings. The zero-order valence-electron chi connectivity index (χ0n) is 15.6. The van der Waals surface area contributed by atoms with Gasteiger partial charge in [-0.1, -0.05) is 18.2 Å². The SMILES string of the molecule is C=CCNc1nc(-c2cc(C)n(CCc3ccc(OC)cc3)c2C)cs1. The number of anilines is 1. The zero-order valence-corrected chi connectivity index (χ0v) is 16.4. The summed E-state index contributed by atoms with van der Waals surface area (Å²) in [5.74, 6) is 0.897. The minimum Gasteiger partial charge on any atom is -0.497 e. The first-order valence-corrected chi connectivity index (χ1v) is 9.60. The molecule has 1 aromatic carbocycles. The van der Waals surface area contributed by atoms with Gasteiger partial charge in [-0.05, 0) is 44.0 Å². The number of hydrogen-bond donors (Lipinski definition) is 1. The van der Waals surface area contributed by atoms with Gasteiger partial charge in [0.05, 0.1) is 12.8 Å². The normalized spacial score (nSPS) is 10.7. The molecule has 0 aliphatic carbocycles. The molecule has 0 aliphatic rings. The van der Waals surface area contributed by atoms with E-state index in [0.717, 1.165) is 36.1 Å². The van der Waals surface area contributed by atoms with Crippen molar-refractivity contribution in [3.05, 3.63) is 65.3 Å². The van der Waals surface area contributed by atoms with Crippen LogP contribution >= 0.6 is 11.3 Å². The van der Waals surface area contributed by atoms with E-state index in [-0.39, 0.29) is 0 Å². The monoisotopic (exact) mass is 367 g/mol. The molecular formula is C21H25N3OS. The molecule has 0 aliphatic heterocycles. The number of hydrogen-bond acceptors (Lipinski definition) is 4. The Morgan fingerprint density at radius 3 is 2.73 bits per heavy atom. The third-order valence-corrected chi connectivity index (χ3v) is 5.33. The highest BCUT2D eigenvalue weighted by molar-refractivity contribution is 7.14. The van der Waals surface area contributed by atoms with Gasteiger partial charge in [0.15, 0.2) is 5.13 Å². The van der Waals surface area contributed by atoms with E-state index in [1.165, 1.54) is 22.5 Å². The molecule has 2 aromatic heterocycles. The van der Waals surface area contributed by atoms with Gasteiger partial charge in [-0.25, -0.2) is 4.98 Å². The van der Waals surface area contributed by atoms with Crippen LogP contribution in [-0.4, -0.2) is 23.2 Å². The lowest BCUT2D eigenvalue weighted by Gasteiger charge is -2.10. The Labute approximate surface area is 159 Å². The highest BCUT2D eigenvalue weighted by Crippen LogP contribution is 2.30. The van der Waals surface area contributed by atoms with E-state index in [0.29, 0.717) is 0 Å². The Morgan fingerprint density at radius 2 is 2.04 bits per heavy atom. The summed E-state index contributed by atoms with van der Waals surface area (Å²) in [4.78, 5) is 4.70. The fourth-order valence-corrected chi connectivity index (χ4v) is 3.80. The Balaban J connectivity index is 1.74. The Morgan fingerprint density at radius 1 is 1.27 bits per heavy atom. The third kappa shape index (κ3) is 3.99. The molecular weight excluding hydrogens is 342 g/mol. The van der Waals surface area contributed by atoms with Crippen molar-refractivity contribution in [1.29, 1.82) is 0 Å². The topological polar surface area (TPSA) is 39.1 Å². The predicted octanol–water partition coefficient (Wildman–Crippen LogP) is 5.08. The van der Waals surface area contributed by atoms with Crippen LogP contribution in [-0.2, 0) is 13.0 Å². The fraction of sp³-hybridized carbons (Fsp3) is 0.286. The summed E-state index contributed by atoms with van der Waals surface area (Å²) in [7, 11) is 1.69. The van der Waals surface area contributed by atoms with Crippen LogP contribution in [0.25, 0.3) is 11.3 Å². The van der Waals surface area contributed by atoms with E-state index in [4.69, 9.17) is 9.72 Å².